The van der Waals surface area contributed by atoms with Crippen molar-refractivity contribution >= 4 is 12.7 Å². The fourth-order valence-corrected chi connectivity index (χ4v) is 1.53. The van der Waals surface area contributed by atoms with Crippen molar-refractivity contribution in [1.82, 2.24) is 4.57 Å². The van der Waals surface area contributed by atoms with Crippen LogP contribution in [0.2, 0.25) is 0 Å². The molecule has 0 spiro atoms. The van der Waals surface area contributed by atoms with Gasteiger partial charge in [0.1, 0.15) is 0 Å². The van der Waals surface area contributed by atoms with Crippen LogP contribution in [0.3, 0.4) is 0 Å². The lowest BCUT2D eigenvalue weighted by molar-refractivity contribution is 0.381. The van der Waals surface area contributed by atoms with Gasteiger partial charge in [-0.1, -0.05) is 32.1 Å². The van der Waals surface area contributed by atoms with Crippen LogP contribution in [0.25, 0.3) is 12.7 Å². The fraction of sp³-hybridized carbons (Fsp3) is 0.467. The molecule has 1 aliphatic heterocycles. The first-order valence-corrected chi connectivity index (χ1v) is 6.28. The molecule has 1 aliphatic rings. The standard InChI is InChI=1S/C13H17NO.C2H6/c1-10(2)4-5-13-11(3)6-7-14(13)8-12-9-15-12;1-2/h4-7,12H,3,8-9H2,1-2H3;1-2H3/b13-5+;. The van der Waals surface area contributed by atoms with Gasteiger partial charge in [-0.3, -0.25) is 0 Å². The number of epoxide rings is 1. The molecule has 0 amide bonds. The van der Waals surface area contributed by atoms with Crippen LogP contribution >= 0.6 is 0 Å². The summed E-state index contributed by atoms with van der Waals surface area (Å²) in [5.74, 6) is 0. The number of hydrogen-bond donors (Lipinski definition) is 0. The minimum absolute atomic E-state index is 0.413. The molecule has 17 heavy (non-hydrogen) atoms. The zero-order valence-electron chi connectivity index (χ0n) is 11.4. The Labute approximate surface area is 104 Å². The van der Waals surface area contributed by atoms with E-state index in [-0.39, 0.29) is 0 Å². The van der Waals surface area contributed by atoms with E-state index >= 15 is 0 Å². The van der Waals surface area contributed by atoms with Crippen molar-refractivity contribution in [2.75, 3.05) is 6.61 Å². The van der Waals surface area contributed by atoms with E-state index in [0.29, 0.717) is 6.10 Å². The maximum absolute atomic E-state index is 5.23. The third-order valence-corrected chi connectivity index (χ3v) is 2.47. The van der Waals surface area contributed by atoms with E-state index in [4.69, 9.17) is 4.74 Å². The van der Waals surface area contributed by atoms with Crippen molar-refractivity contribution in [3.63, 3.8) is 0 Å². The summed E-state index contributed by atoms with van der Waals surface area (Å²) in [7, 11) is 0. The average molecular weight is 233 g/mol. The lowest BCUT2D eigenvalue weighted by atomic mass is 10.3. The van der Waals surface area contributed by atoms with Crippen LogP contribution in [0.1, 0.15) is 27.7 Å². The Morgan fingerprint density at radius 1 is 1.53 bits per heavy atom. The van der Waals surface area contributed by atoms with Gasteiger partial charge < -0.3 is 9.30 Å². The molecule has 0 aromatic carbocycles. The van der Waals surface area contributed by atoms with Crippen LogP contribution in [-0.4, -0.2) is 17.3 Å². The zero-order valence-corrected chi connectivity index (χ0v) is 11.4. The van der Waals surface area contributed by atoms with Gasteiger partial charge in [0.05, 0.1) is 19.3 Å². The Balaban J connectivity index is 0.000000686. The van der Waals surface area contributed by atoms with Gasteiger partial charge in [-0.15, -0.1) is 0 Å². The average Bonchev–Trinajstić information content (AvgIpc) is 3.05. The molecular weight excluding hydrogens is 210 g/mol. The predicted octanol–water partition coefficient (Wildman–Crippen LogP) is 2.07. The molecule has 1 fully saturated rings. The van der Waals surface area contributed by atoms with Gasteiger partial charge in [-0.2, -0.15) is 0 Å². The molecule has 1 saturated heterocycles. The molecule has 2 rings (SSSR count). The first kappa shape index (κ1) is 13.8. The zero-order chi connectivity index (χ0) is 12.8. The molecule has 1 aromatic heterocycles. The van der Waals surface area contributed by atoms with E-state index in [2.05, 4.69) is 43.3 Å². The molecule has 94 valence electrons. The second kappa shape index (κ2) is 6.45. The van der Waals surface area contributed by atoms with Gasteiger partial charge in [-0.05, 0) is 31.2 Å². The maximum Gasteiger partial charge on any atom is 0.0988 e. The predicted molar refractivity (Wildman–Crippen MR) is 74.2 cm³/mol. The number of aromatic nitrogens is 1. The Kier molecular flexibility index (Phi) is 5.23. The van der Waals surface area contributed by atoms with Crippen LogP contribution in [0, 0.1) is 0 Å². The summed E-state index contributed by atoms with van der Waals surface area (Å²) >= 11 is 0. The third kappa shape index (κ3) is 4.23. The second-order valence-electron chi connectivity index (χ2n) is 4.24. The second-order valence-corrected chi connectivity index (χ2v) is 4.24. The SMILES string of the molecule is C=c1ccn(CC2CO2)/c1=C/C=C(C)C.CC. The van der Waals surface area contributed by atoms with Crippen LogP contribution < -0.4 is 10.6 Å². The molecule has 2 heterocycles. The van der Waals surface area contributed by atoms with E-state index in [9.17, 15) is 0 Å². The minimum Gasteiger partial charge on any atom is -0.371 e. The smallest absolute Gasteiger partial charge is 0.0988 e. The lowest BCUT2D eigenvalue weighted by Crippen LogP contribution is -2.28. The first-order chi connectivity index (χ1) is 8.16. The summed E-state index contributed by atoms with van der Waals surface area (Å²) in [6, 6.07) is 2.05. The van der Waals surface area contributed by atoms with E-state index in [1.54, 1.807) is 0 Å². The van der Waals surface area contributed by atoms with E-state index < -0.39 is 0 Å². The highest BCUT2D eigenvalue weighted by Crippen LogP contribution is 2.09. The topological polar surface area (TPSA) is 17.5 Å². The van der Waals surface area contributed by atoms with Gasteiger partial charge in [0, 0.05) is 11.5 Å². The summed E-state index contributed by atoms with van der Waals surface area (Å²) in [4.78, 5) is 0. The molecular formula is C15H23NO. The summed E-state index contributed by atoms with van der Waals surface area (Å²) in [6.45, 7) is 14.1. The number of allylic oxidation sites excluding steroid dienone is 2. The Hall–Kier alpha value is -1.28. The minimum atomic E-state index is 0.413. The molecule has 0 radical (unpaired) electrons. The van der Waals surface area contributed by atoms with Gasteiger partial charge in [0.25, 0.3) is 0 Å². The molecule has 0 aliphatic carbocycles. The summed E-state index contributed by atoms with van der Waals surface area (Å²) in [6.07, 6.45) is 6.74. The van der Waals surface area contributed by atoms with Crippen molar-refractivity contribution in [3.8, 4) is 0 Å². The molecule has 1 unspecified atom stereocenters. The molecule has 2 nitrogen and oxygen atoms in total. The fourth-order valence-electron chi connectivity index (χ4n) is 1.53. The number of ether oxygens (including phenoxy) is 1. The van der Waals surface area contributed by atoms with Crippen LogP contribution in [0.15, 0.2) is 23.9 Å². The highest BCUT2D eigenvalue weighted by atomic mass is 16.6. The van der Waals surface area contributed by atoms with E-state index in [1.807, 2.05) is 19.9 Å². The normalized spacial score (nSPS) is 18.4. The lowest BCUT2D eigenvalue weighted by Gasteiger charge is -1.99. The van der Waals surface area contributed by atoms with Crippen molar-refractivity contribution in [3.05, 3.63) is 34.5 Å². The first-order valence-electron chi connectivity index (χ1n) is 6.28. The van der Waals surface area contributed by atoms with Crippen molar-refractivity contribution < 1.29 is 4.74 Å². The molecule has 2 heteroatoms. The Morgan fingerprint density at radius 2 is 2.18 bits per heavy atom. The summed E-state index contributed by atoms with van der Waals surface area (Å²) < 4.78 is 7.44. The third-order valence-electron chi connectivity index (χ3n) is 2.47. The van der Waals surface area contributed by atoms with Crippen molar-refractivity contribution in [1.29, 1.82) is 0 Å². The van der Waals surface area contributed by atoms with Gasteiger partial charge >= 0.3 is 0 Å². The van der Waals surface area contributed by atoms with Gasteiger partial charge in [0.15, 0.2) is 0 Å². The van der Waals surface area contributed by atoms with Crippen molar-refractivity contribution in [2.45, 2.75) is 40.3 Å². The van der Waals surface area contributed by atoms with Crippen LogP contribution in [-0.2, 0) is 11.3 Å². The van der Waals surface area contributed by atoms with Crippen molar-refractivity contribution in [2.24, 2.45) is 0 Å². The molecule has 0 bridgehead atoms. The number of hydrogen-bond acceptors (Lipinski definition) is 1. The largest absolute Gasteiger partial charge is 0.371 e. The van der Waals surface area contributed by atoms with Gasteiger partial charge in [0.2, 0.25) is 0 Å². The Morgan fingerprint density at radius 3 is 2.71 bits per heavy atom. The maximum atomic E-state index is 5.23. The quantitative estimate of drug-likeness (QED) is 0.731. The highest BCUT2D eigenvalue weighted by Gasteiger charge is 2.22. The molecule has 0 N–H and O–H groups in total. The summed E-state index contributed by atoms with van der Waals surface area (Å²) in [5.41, 5.74) is 1.30. The number of nitrogens with zero attached hydrogens (tertiary/aromatic N) is 1. The molecule has 1 aromatic rings. The van der Waals surface area contributed by atoms with E-state index in [1.165, 1.54) is 10.9 Å². The van der Waals surface area contributed by atoms with Crippen LogP contribution in [0.5, 0.6) is 0 Å². The molecule has 0 saturated carbocycles. The Bertz CT molecular complexity index is 474. The van der Waals surface area contributed by atoms with Crippen LogP contribution in [0.4, 0.5) is 0 Å². The van der Waals surface area contributed by atoms with E-state index in [0.717, 1.165) is 18.4 Å². The molecule has 1 atom stereocenters. The summed E-state index contributed by atoms with van der Waals surface area (Å²) in [5, 5.41) is 2.26. The number of rotatable bonds is 3. The monoisotopic (exact) mass is 233 g/mol. The highest BCUT2D eigenvalue weighted by molar-refractivity contribution is 5.37. The van der Waals surface area contributed by atoms with Gasteiger partial charge in [-0.25, -0.2) is 0 Å².